The molecular formula is C17H23ClN2O3. The lowest BCUT2D eigenvalue weighted by molar-refractivity contribution is -0.130. The number of halogens is 1. The van der Waals surface area contributed by atoms with Crippen molar-refractivity contribution in [1.29, 1.82) is 0 Å². The van der Waals surface area contributed by atoms with Gasteiger partial charge in [-0.25, -0.2) is 0 Å². The normalized spacial score (nSPS) is 17.8. The van der Waals surface area contributed by atoms with Gasteiger partial charge in [-0.1, -0.05) is 23.7 Å². The summed E-state index contributed by atoms with van der Waals surface area (Å²) in [5.41, 5.74) is 1.04. The Bertz CT molecular complexity index is 545. The van der Waals surface area contributed by atoms with E-state index in [1.807, 2.05) is 38.1 Å². The second kappa shape index (κ2) is 8.31. The van der Waals surface area contributed by atoms with Crippen molar-refractivity contribution in [2.45, 2.75) is 32.9 Å². The van der Waals surface area contributed by atoms with Crippen LogP contribution in [-0.2, 0) is 20.9 Å². The van der Waals surface area contributed by atoms with E-state index in [4.69, 9.17) is 16.3 Å². The Hall–Kier alpha value is -1.59. The van der Waals surface area contributed by atoms with Gasteiger partial charge in [-0.3, -0.25) is 9.59 Å². The Kier molecular flexibility index (Phi) is 6.42. The van der Waals surface area contributed by atoms with Gasteiger partial charge >= 0.3 is 0 Å². The number of amides is 2. The van der Waals surface area contributed by atoms with Gasteiger partial charge in [-0.05, 0) is 31.5 Å². The molecule has 23 heavy (non-hydrogen) atoms. The minimum atomic E-state index is -0.249. The number of rotatable bonds is 7. The smallest absolute Gasteiger partial charge is 0.225 e. The first-order chi connectivity index (χ1) is 11.0. The van der Waals surface area contributed by atoms with Crippen LogP contribution in [0.25, 0.3) is 0 Å². The maximum Gasteiger partial charge on any atom is 0.225 e. The largest absolute Gasteiger partial charge is 0.375 e. The van der Waals surface area contributed by atoms with Gasteiger partial charge in [-0.2, -0.15) is 0 Å². The number of hydrogen-bond acceptors (Lipinski definition) is 3. The number of benzene rings is 1. The number of nitrogens with zero attached hydrogens (tertiary/aromatic N) is 1. The van der Waals surface area contributed by atoms with Crippen molar-refractivity contribution in [1.82, 2.24) is 10.2 Å². The molecule has 1 atom stereocenters. The lowest BCUT2D eigenvalue weighted by Gasteiger charge is -2.20. The summed E-state index contributed by atoms with van der Waals surface area (Å²) < 4.78 is 5.52. The van der Waals surface area contributed by atoms with Crippen LogP contribution in [0.2, 0.25) is 5.02 Å². The summed E-state index contributed by atoms with van der Waals surface area (Å²) in [5.74, 6) is -0.267. The number of carbonyl (C=O) groups excluding carboxylic acids is 2. The highest BCUT2D eigenvalue weighted by Gasteiger charge is 2.35. The molecular weight excluding hydrogens is 316 g/mol. The molecule has 0 radical (unpaired) electrons. The van der Waals surface area contributed by atoms with Crippen LogP contribution in [0, 0.1) is 5.92 Å². The summed E-state index contributed by atoms with van der Waals surface area (Å²) in [7, 11) is 0. The van der Waals surface area contributed by atoms with Gasteiger partial charge in [0.2, 0.25) is 11.8 Å². The van der Waals surface area contributed by atoms with E-state index in [2.05, 4.69) is 5.32 Å². The molecule has 2 rings (SSSR count). The predicted molar refractivity (Wildman–Crippen MR) is 89.1 cm³/mol. The quantitative estimate of drug-likeness (QED) is 0.776. The molecule has 1 N–H and O–H groups in total. The van der Waals surface area contributed by atoms with Gasteiger partial charge in [0.1, 0.15) is 0 Å². The molecule has 5 nitrogen and oxygen atoms in total. The number of ether oxygens (including phenoxy) is 1. The maximum atomic E-state index is 12.1. The van der Waals surface area contributed by atoms with Gasteiger partial charge in [0.05, 0.1) is 19.1 Å². The van der Waals surface area contributed by atoms with Crippen molar-refractivity contribution in [3.05, 3.63) is 34.9 Å². The van der Waals surface area contributed by atoms with Gasteiger partial charge < -0.3 is 15.0 Å². The summed E-state index contributed by atoms with van der Waals surface area (Å²) in [6, 6.07) is 7.60. The van der Waals surface area contributed by atoms with Crippen LogP contribution in [-0.4, -0.2) is 42.5 Å². The average Bonchev–Trinajstić information content (AvgIpc) is 2.91. The van der Waals surface area contributed by atoms with Crippen molar-refractivity contribution in [3.8, 4) is 0 Å². The minimum absolute atomic E-state index is 0.0548. The third-order valence-electron chi connectivity index (χ3n) is 3.88. The fraction of sp³-hybridized carbons (Fsp3) is 0.529. The molecule has 126 valence electrons. The number of likely N-dealkylation sites (tertiary alicyclic amines) is 1. The van der Waals surface area contributed by atoms with E-state index in [-0.39, 0.29) is 23.8 Å². The fourth-order valence-corrected chi connectivity index (χ4v) is 2.69. The third-order valence-corrected chi connectivity index (χ3v) is 4.13. The van der Waals surface area contributed by atoms with Crippen LogP contribution in [0.4, 0.5) is 0 Å². The molecule has 1 saturated heterocycles. The summed E-state index contributed by atoms with van der Waals surface area (Å²) in [6.07, 6.45) is 0.301. The number of hydrogen-bond donors (Lipinski definition) is 1. The molecule has 2 amide bonds. The monoisotopic (exact) mass is 338 g/mol. The highest BCUT2D eigenvalue weighted by atomic mass is 35.5. The molecule has 0 bridgehead atoms. The van der Waals surface area contributed by atoms with Crippen molar-refractivity contribution >= 4 is 23.4 Å². The Balaban J connectivity index is 1.63. The summed E-state index contributed by atoms with van der Waals surface area (Å²) >= 11 is 5.82. The Morgan fingerprint density at radius 3 is 2.70 bits per heavy atom. The molecule has 0 spiro atoms. The molecule has 0 aliphatic carbocycles. The summed E-state index contributed by atoms with van der Waals surface area (Å²) in [6.45, 7) is 5.79. The van der Waals surface area contributed by atoms with Gasteiger partial charge in [0.25, 0.3) is 0 Å². The van der Waals surface area contributed by atoms with Crippen molar-refractivity contribution in [2.75, 3.05) is 19.7 Å². The lowest BCUT2D eigenvalue weighted by atomic mass is 10.1. The zero-order valence-corrected chi connectivity index (χ0v) is 14.3. The van der Waals surface area contributed by atoms with Crippen molar-refractivity contribution in [3.63, 3.8) is 0 Å². The Morgan fingerprint density at radius 2 is 2.09 bits per heavy atom. The molecule has 1 aromatic carbocycles. The molecule has 1 aliphatic heterocycles. The standard InChI is InChI=1S/C17H23ClN2O3/c1-12(2)20-10-14(9-16(20)21)17(22)19-7-8-23-11-13-3-5-15(18)6-4-13/h3-6,12,14H,7-11H2,1-2H3,(H,19,22). The van der Waals surface area contributed by atoms with Gasteiger partial charge in [0, 0.05) is 30.6 Å². The van der Waals surface area contributed by atoms with Crippen LogP contribution >= 0.6 is 11.6 Å². The van der Waals surface area contributed by atoms with Crippen molar-refractivity contribution < 1.29 is 14.3 Å². The molecule has 0 aromatic heterocycles. The van der Waals surface area contributed by atoms with E-state index in [0.717, 1.165) is 5.56 Å². The molecule has 1 aromatic rings. The highest BCUT2D eigenvalue weighted by Crippen LogP contribution is 2.20. The molecule has 1 heterocycles. The zero-order valence-electron chi connectivity index (χ0n) is 13.5. The topological polar surface area (TPSA) is 58.6 Å². The van der Waals surface area contributed by atoms with E-state index in [1.54, 1.807) is 4.90 Å². The molecule has 1 unspecified atom stereocenters. The SMILES string of the molecule is CC(C)N1CC(C(=O)NCCOCc2ccc(Cl)cc2)CC1=O. The first-order valence-electron chi connectivity index (χ1n) is 7.86. The third kappa shape index (κ3) is 5.22. The second-order valence-corrected chi connectivity index (χ2v) is 6.45. The molecule has 0 saturated carbocycles. The molecule has 1 fully saturated rings. The second-order valence-electron chi connectivity index (χ2n) is 6.01. The van der Waals surface area contributed by atoms with E-state index in [1.165, 1.54) is 0 Å². The zero-order chi connectivity index (χ0) is 16.8. The van der Waals surface area contributed by atoms with Crippen molar-refractivity contribution in [2.24, 2.45) is 5.92 Å². The van der Waals surface area contributed by atoms with Crippen LogP contribution < -0.4 is 5.32 Å². The summed E-state index contributed by atoms with van der Waals surface area (Å²) in [5, 5.41) is 3.53. The first kappa shape index (κ1) is 17.8. The van der Waals surface area contributed by atoms with Gasteiger partial charge in [0.15, 0.2) is 0 Å². The minimum Gasteiger partial charge on any atom is -0.375 e. The van der Waals surface area contributed by atoms with Crippen LogP contribution in [0.15, 0.2) is 24.3 Å². The van der Waals surface area contributed by atoms with Gasteiger partial charge in [-0.15, -0.1) is 0 Å². The average molecular weight is 339 g/mol. The predicted octanol–water partition coefficient (Wildman–Crippen LogP) is 2.23. The highest BCUT2D eigenvalue weighted by molar-refractivity contribution is 6.30. The van der Waals surface area contributed by atoms with E-state index < -0.39 is 0 Å². The van der Waals surface area contributed by atoms with Crippen LogP contribution in [0.5, 0.6) is 0 Å². The van der Waals surface area contributed by atoms with E-state index in [9.17, 15) is 9.59 Å². The lowest BCUT2D eigenvalue weighted by Crippen LogP contribution is -2.36. The van der Waals surface area contributed by atoms with E-state index in [0.29, 0.717) is 37.7 Å². The fourth-order valence-electron chi connectivity index (χ4n) is 2.57. The number of nitrogens with one attached hydrogen (secondary N) is 1. The number of carbonyl (C=O) groups is 2. The Morgan fingerprint density at radius 1 is 1.39 bits per heavy atom. The van der Waals surface area contributed by atoms with Crippen LogP contribution in [0.1, 0.15) is 25.8 Å². The van der Waals surface area contributed by atoms with Crippen LogP contribution in [0.3, 0.4) is 0 Å². The molecule has 6 heteroatoms. The Labute approximate surface area is 141 Å². The molecule has 1 aliphatic rings. The first-order valence-corrected chi connectivity index (χ1v) is 8.24. The van der Waals surface area contributed by atoms with E-state index >= 15 is 0 Å². The summed E-state index contributed by atoms with van der Waals surface area (Å²) in [4.78, 5) is 25.6. The maximum absolute atomic E-state index is 12.1.